The first-order chi connectivity index (χ1) is 8.92. The van der Waals surface area contributed by atoms with Crippen LogP contribution in [-0.2, 0) is 9.53 Å². The van der Waals surface area contributed by atoms with E-state index in [1.165, 1.54) is 0 Å². The van der Waals surface area contributed by atoms with E-state index in [1.54, 1.807) is 31.4 Å². The number of rotatable bonds is 4. The number of hydrogen-bond donors (Lipinski definition) is 0. The summed E-state index contributed by atoms with van der Waals surface area (Å²) in [5.41, 5.74) is 0.332. The number of carbonyl (C=O) groups is 2. The van der Waals surface area contributed by atoms with Crippen LogP contribution in [0.25, 0.3) is 0 Å². The molecule has 1 unspecified atom stereocenters. The monoisotopic (exact) mass is 262 g/mol. The Morgan fingerprint density at radius 3 is 2.47 bits per heavy atom. The van der Waals surface area contributed by atoms with Crippen LogP contribution in [0.5, 0.6) is 5.75 Å². The molecule has 1 heterocycles. The van der Waals surface area contributed by atoms with Gasteiger partial charge in [0.15, 0.2) is 5.78 Å². The predicted molar refractivity (Wildman–Crippen MR) is 70.2 cm³/mol. The standard InChI is InChI=1S/C15H18O4/c1-15(2)9-14(17)19-13(15)8-12(16)10-4-6-11(18-3)7-5-10/h4-7,13H,8-9H2,1-3H3. The molecule has 0 N–H and O–H groups in total. The molecule has 0 aromatic heterocycles. The summed E-state index contributed by atoms with van der Waals surface area (Å²) in [5.74, 6) is 0.470. The van der Waals surface area contributed by atoms with Crippen molar-refractivity contribution in [3.05, 3.63) is 29.8 Å². The zero-order valence-electron chi connectivity index (χ0n) is 11.4. The number of ether oxygens (including phenoxy) is 2. The van der Waals surface area contributed by atoms with Gasteiger partial charge in [0.05, 0.1) is 13.5 Å². The lowest BCUT2D eigenvalue weighted by atomic mass is 9.82. The molecule has 0 aliphatic carbocycles. The molecule has 0 spiro atoms. The van der Waals surface area contributed by atoms with Gasteiger partial charge in [0.1, 0.15) is 11.9 Å². The third kappa shape index (κ3) is 2.95. The van der Waals surface area contributed by atoms with E-state index in [-0.39, 0.29) is 29.7 Å². The van der Waals surface area contributed by atoms with Crippen LogP contribution in [0.15, 0.2) is 24.3 Å². The maximum absolute atomic E-state index is 12.2. The highest BCUT2D eigenvalue weighted by Gasteiger charge is 2.42. The molecule has 4 heteroatoms. The van der Waals surface area contributed by atoms with Gasteiger partial charge in [-0.05, 0) is 24.3 Å². The van der Waals surface area contributed by atoms with Crippen LogP contribution in [0.2, 0.25) is 0 Å². The molecule has 1 aromatic carbocycles. The molecular weight excluding hydrogens is 244 g/mol. The van der Waals surface area contributed by atoms with Crippen LogP contribution in [0, 0.1) is 5.41 Å². The zero-order chi connectivity index (χ0) is 14.0. The second-order valence-corrected chi connectivity index (χ2v) is 5.50. The molecule has 1 atom stereocenters. The van der Waals surface area contributed by atoms with Gasteiger partial charge in [-0.3, -0.25) is 9.59 Å². The highest BCUT2D eigenvalue weighted by atomic mass is 16.6. The Balaban J connectivity index is 2.06. The molecule has 1 saturated heterocycles. The fourth-order valence-corrected chi connectivity index (χ4v) is 2.23. The van der Waals surface area contributed by atoms with E-state index in [9.17, 15) is 9.59 Å². The highest BCUT2D eigenvalue weighted by molar-refractivity contribution is 5.96. The summed E-state index contributed by atoms with van der Waals surface area (Å²) in [4.78, 5) is 23.5. The van der Waals surface area contributed by atoms with Crippen molar-refractivity contribution in [2.75, 3.05) is 7.11 Å². The predicted octanol–water partition coefficient (Wildman–Crippen LogP) is 2.61. The van der Waals surface area contributed by atoms with Gasteiger partial charge in [-0.25, -0.2) is 0 Å². The minimum atomic E-state index is -0.338. The summed E-state index contributed by atoms with van der Waals surface area (Å²) < 4.78 is 10.3. The van der Waals surface area contributed by atoms with Crippen LogP contribution in [0.4, 0.5) is 0 Å². The average molecular weight is 262 g/mol. The third-order valence-electron chi connectivity index (χ3n) is 3.53. The van der Waals surface area contributed by atoms with Crippen LogP contribution >= 0.6 is 0 Å². The van der Waals surface area contributed by atoms with Crippen molar-refractivity contribution in [1.29, 1.82) is 0 Å². The molecule has 2 rings (SSSR count). The maximum Gasteiger partial charge on any atom is 0.306 e. The molecule has 1 aliphatic heterocycles. The molecule has 1 aromatic rings. The minimum absolute atomic E-state index is 0.0181. The Labute approximate surface area is 112 Å². The highest BCUT2D eigenvalue weighted by Crippen LogP contribution is 2.37. The van der Waals surface area contributed by atoms with Gasteiger partial charge in [0, 0.05) is 17.4 Å². The lowest BCUT2D eigenvalue weighted by molar-refractivity contribution is -0.141. The average Bonchev–Trinajstić information content (AvgIpc) is 2.62. The minimum Gasteiger partial charge on any atom is -0.497 e. The van der Waals surface area contributed by atoms with Crippen molar-refractivity contribution < 1.29 is 19.1 Å². The maximum atomic E-state index is 12.2. The van der Waals surface area contributed by atoms with Crippen LogP contribution < -0.4 is 4.74 Å². The van der Waals surface area contributed by atoms with Gasteiger partial charge in [0.2, 0.25) is 0 Å². The number of cyclic esters (lactones) is 1. The molecule has 0 radical (unpaired) electrons. The molecular formula is C15H18O4. The molecule has 0 amide bonds. The topological polar surface area (TPSA) is 52.6 Å². The first kappa shape index (κ1) is 13.6. The lowest BCUT2D eigenvalue weighted by Gasteiger charge is -2.22. The summed E-state index contributed by atoms with van der Waals surface area (Å²) in [7, 11) is 1.58. The summed E-state index contributed by atoms with van der Waals surface area (Å²) in [6, 6.07) is 6.95. The summed E-state index contributed by atoms with van der Waals surface area (Å²) in [5, 5.41) is 0. The SMILES string of the molecule is COc1ccc(C(=O)CC2OC(=O)CC2(C)C)cc1. The van der Waals surface area contributed by atoms with E-state index < -0.39 is 0 Å². The molecule has 4 nitrogen and oxygen atoms in total. The van der Waals surface area contributed by atoms with E-state index in [2.05, 4.69) is 0 Å². The van der Waals surface area contributed by atoms with Crippen molar-refractivity contribution in [3.8, 4) is 5.75 Å². The van der Waals surface area contributed by atoms with E-state index in [1.807, 2.05) is 13.8 Å². The van der Waals surface area contributed by atoms with E-state index >= 15 is 0 Å². The normalized spacial score (nSPS) is 21.0. The van der Waals surface area contributed by atoms with Gasteiger partial charge < -0.3 is 9.47 Å². The fourth-order valence-electron chi connectivity index (χ4n) is 2.23. The Kier molecular flexibility index (Phi) is 3.60. The van der Waals surface area contributed by atoms with Crippen molar-refractivity contribution >= 4 is 11.8 Å². The zero-order valence-corrected chi connectivity index (χ0v) is 11.4. The van der Waals surface area contributed by atoms with Gasteiger partial charge in [-0.1, -0.05) is 13.8 Å². The Bertz CT molecular complexity index is 487. The third-order valence-corrected chi connectivity index (χ3v) is 3.53. The van der Waals surface area contributed by atoms with Crippen LogP contribution in [0.1, 0.15) is 37.0 Å². The van der Waals surface area contributed by atoms with Crippen molar-refractivity contribution in [3.63, 3.8) is 0 Å². The summed E-state index contributed by atoms with van der Waals surface area (Å²) in [6.45, 7) is 3.90. The number of methoxy groups -OCH3 is 1. The second-order valence-electron chi connectivity index (χ2n) is 5.50. The quantitative estimate of drug-likeness (QED) is 0.618. The summed E-state index contributed by atoms with van der Waals surface area (Å²) in [6.07, 6.45) is 0.258. The molecule has 19 heavy (non-hydrogen) atoms. The van der Waals surface area contributed by atoms with E-state index in [0.717, 1.165) is 0 Å². The molecule has 0 saturated carbocycles. The first-order valence-corrected chi connectivity index (χ1v) is 6.29. The van der Waals surface area contributed by atoms with Gasteiger partial charge in [0.25, 0.3) is 0 Å². The van der Waals surface area contributed by atoms with Crippen molar-refractivity contribution in [2.24, 2.45) is 5.41 Å². The number of ketones is 1. The van der Waals surface area contributed by atoms with Crippen molar-refractivity contribution in [2.45, 2.75) is 32.8 Å². The van der Waals surface area contributed by atoms with Gasteiger partial charge in [-0.2, -0.15) is 0 Å². The van der Waals surface area contributed by atoms with Gasteiger partial charge in [-0.15, -0.1) is 0 Å². The van der Waals surface area contributed by atoms with Gasteiger partial charge >= 0.3 is 5.97 Å². The van der Waals surface area contributed by atoms with E-state index in [4.69, 9.17) is 9.47 Å². The fraction of sp³-hybridized carbons (Fsp3) is 0.467. The van der Waals surface area contributed by atoms with Crippen LogP contribution in [-0.4, -0.2) is 25.0 Å². The number of benzene rings is 1. The molecule has 1 aliphatic rings. The smallest absolute Gasteiger partial charge is 0.306 e. The molecule has 0 bridgehead atoms. The molecule has 102 valence electrons. The van der Waals surface area contributed by atoms with Crippen LogP contribution in [0.3, 0.4) is 0 Å². The largest absolute Gasteiger partial charge is 0.497 e. The Morgan fingerprint density at radius 1 is 1.37 bits per heavy atom. The Morgan fingerprint density at radius 2 is 2.00 bits per heavy atom. The number of Topliss-reactive ketones (excluding diaryl/α,β-unsaturated/α-hetero) is 1. The number of hydrogen-bond acceptors (Lipinski definition) is 4. The lowest BCUT2D eigenvalue weighted by Crippen LogP contribution is -2.27. The number of esters is 1. The first-order valence-electron chi connectivity index (χ1n) is 6.29. The summed E-state index contributed by atoms with van der Waals surface area (Å²) >= 11 is 0. The Hall–Kier alpha value is -1.84. The second kappa shape index (κ2) is 5.03. The molecule has 1 fully saturated rings. The van der Waals surface area contributed by atoms with Crippen molar-refractivity contribution in [1.82, 2.24) is 0 Å². The number of carbonyl (C=O) groups excluding carboxylic acids is 2. The van der Waals surface area contributed by atoms with E-state index in [0.29, 0.717) is 17.7 Å².